The summed E-state index contributed by atoms with van der Waals surface area (Å²) in [5.74, 6) is -0.272. The molecule has 0 amide bonds. The highest BCUT2D eigenvalue weighted by Crippen LogP contribution is 2.51. The highest BCUT2D eigenvalue weighted by atomic mass is 32.1. The third kappa shape index (κ3) is 6.83. The Hall–Kier alpha value is -3.18. The highest BCUT2D eigenvalue weighted by molar-refractivity contribution is 7.29. The van der Waals surface area contributed by atoms with Gasteiger partial charge in [-0.05, 0) is 36.4 Å². The van der Waals surface area contributed by atoms with Gasteiger partial charge in [-0.15, -0.1) is 56.7 Å². The van der Waals surface area contributed by atoms with Gasteiger partial charge < -0.3 is 25.1 Å². The molecule has 0 aromatic carbocycles. The number of rotatable bonds is 13. The molecule has 5 aromatic heterocycles. The first kappa shape index (κ1) is 29.3. The van der Waals surface area contributed by atoms with Gasteiger partial charge in [0.1, 0.15) is 30.8 Å². The topological polar surface area (TPSA) is 134 Å². The van der Waals surface area contributed by atoms with E-state index in [0.717, 1.165) is 56.8 Å². The normalized spacial score (nSPS) is 12.7. The second-order valence-corrected chi connectivity index (χ2v) is 13.6. The average Bonchev–Trinajstić information content (AvgIpc) is 3.76. The molecule has 0 saturated carbocycles. The largest absolute Gasteiger partial charge is 0.490 e. The van der Waals surface area contributed by atoms with Crippen molar-refractivity contribution >= 4 is 69.1 Å². The van der Waals surface area contributed by atoms with Crippen molar-refractivity contribution in [3.05, 3.63) is 58.8 Å². The SMILES string of the molecule is N[C@H](COc1cc(-c2ccc(F)s2)sc1-c1ccc(-c2sc(-c3ccc(F)s3)cc2OC[C@H](N)C(=O)O)s1)OC=O. The van der Waals surface area contributed by atoms with Gasteiger partial charge >= 0.3 is 5.97 Å². The zero-order valence-corrected chi connectivity index (χ0v) is 24.8. The number of carboxylic acids is 1. The second kappa shape index (κ2) is 12.8. The summed E-state index contributed by atoms with van der Waals surface area (Å²) in [7, 11) is 0. The van der Waals surface area contributed by atoms with Gasteiger partial charge in [-0.2, -0.15) is 8.78 Å². The summed E-state index contributed by atoms with van der Waals surface area (Å²) in [6, 6.07) is 12.2. The first-order valence-electron chi connectivity index (χ1n) is 11.7. The van der Waals surface area contributed by atoms with Crippen molar-refractivity contribution in [2.75, 3.05) is 13.2 Å². The van der Waals surface area contributed by atoms with Crippen molar-refractivity contribution < 1.29 is 37.7 Å². The minimum absolute atomic E-state index is 0.0908. The summed E-state index contributed by atoms with van der Waals surface area (Å²) in [4.78, 5) is 28.0. The Balaban J connectivity index is 1.50. The molecule has 0 bridgehead atoms. The van der Waals surface area contributed by atoms with E-state index in [1.165, 1.54) is 46.1 Å². The van der Waals surface area contributed by atoms with Gasteiger partial charge in [0, 0.05) is 41.4 Å². The minimum atomic E-state index is -1.22. The zero-order chi connectivity index (χ0) is 29.1. The van der Waals surface area contributed by atoms with Gasteiger partial charge in [0.15, 0.2) is 16.5 Å². The van der Waals surface area contributed by atoms with Crippen molar-refractivity contribution in [1.29, 1.82) is 0 Å². The van der Waals surface area contributed by atoms with Gasteiger partial charge in [0.25, 0.3) is 6.47 Å². The number of hydrogen-bond donors (Lipinski definition) is 3. The van der Waals surface area contributed by atoms with E-state index in [0.29, 0.717) is 16.4 Å². The third-order valence-corrected chi connectivity index (χ3v) is 11.3. The highest BCUT2D eigenvalue weighted by Gasteiger charge is 2.22. The van der Waals surface area contributed by atoms with Crippen LogP contribution in [0.15, 0.2) is 48.5 Å². The molecule has 8 nitrogen and oxygen atoms in total. The molecule has 214 valence electrons. The quantitative estimate of drug-likeness (QED) is 0.0959. The molecular formula is C26H20F2N2O6S5. The van der Waals surface area contributed by atoms with Gasteiger partial charge in [-0.25, -0.2) is 0 Å². The van der Waals surface area contributed by atoms with E-state index in [4.69, 9.17) is 25.7 Å². The van der Waals surface area contributed by atoms with E-state index < -0.39 is 18.2 Å². The fourth-order valence-electron chi connectivity index (χ4n) is 3.56. The maximum Gasteiger partial charge on any atom is 0.324 e. The molecule has 0 saturated heterocycles. The van der Waals surface area contributed by atoms with Gasteiger partial charge in [0.05, 0.1) is 9.75 Å². The Kier molecular flexibility index (Phi) is 9.13. The van der Waals surface area contributed by atoms with Gasteiger partial charge in [-0.3, -0.25) is 15.3 Å². The molecule has 5 rings (SSSR count). The van der Waals surface area contributed by atoms with E-state index in [-0.39, 0.29) is 29.9 Å². The Bertz CT molecular complexity index is 1670. The molecule has 0 unspecified atom stereocenters. The number of carbonyl (C=O) groups is 2. The Morgan fingerprint density at radius 1 is 0.756 bits per heavy atom. The van der Waals surface area contributed by atoms with Crippen molar-refractivity contribution in [1.82, 2.24) is 0 Å². The number of thiophene rings is 5. The molecule has 5 heterocycles. The second-order valence-electron chi connectivity index (χ2n) is 8.32. The minimum Gasteiger partial charge on any atom is -0.490 e. The lowest BCUT2D eigenvalue weighted by Crippen LogP contribution is -2.36. The van der Waals surface area contributed by atoms with E-state index in [2.05, 4.69) is 0 Å². The van der Waals surface area contributed by atoms with Crippen molar-refractivity contribution in [2.24, 2.45) is 11.5 Å². The van der Waals surface area contributed by atoms with Crippen LogP contribution < -0.4 is 20.9 Å². The third-order valence-electron chi connectivity index (χ3n) is 5.45. The van der Waals surface area contributed by atoms with E-state index >= 15 is 0 Å². The number of carbonyl (C=O) groups excluding carboxylic acids is 1. The van der Waals surface area contributed by atoms with Crippen LogP contribution in [0.5, 0.6) is 11.5 Å². The maximum absolute atomic E-state index is 13.8. The molecule has 15 heteroatoms. The first-order valence-corrected chi connectivity index (χ1v) is 15.8. The maximum atomic E-state index is 13.8. The first-order chi connectivity index (χ1) is 19.7. The Morgan fingerprint density at radius 3 is 1.68 bits per heavy atom. The molecule has 2 atom stereocenters. The molecule has 5 N–H and O–H groups in total. The van der Waals surface area contributed by atoms with Crippen LogP contribution in [0.3, 0.4) is 0 Å². The molecule has 0 fully saturated rings. The fraction of sp³-hybridized carbons (Fsp3) is 0.154. The molecular weight excluding hydrogens is 635 g/mol. The smallest absolute Gasteiger partial charge is 0.324 e. The van der Waals surface area contributed by atoms with E-state index in [1.807, 2.05) is 12.1 Å². The predicted octanol–water partition coefficient (Wildman–Crippen LogP) is 6.57. The number of carboxylic acid groups (broad SMARTS) is 1. The summed E-state index contributed by atoms with van der Waals surface area (Å²) in [6.45, 7) is -0.0917. The van der Waals surface area contributed by atoms with Crippen molar-refractivity contribution in [3.63, 3.8) is 0 Å². The van der Waals surface area contributed by atoms with Crippen LogP contribution in [0.1, 0.15) is 0 Å². The van der Waals surface area contributed by atoms with E-state index in [9.17, 15) is 23.5 Å². The van der Waals surface area contributed by atoms with Crippen LogP contribution in [0, 0.1) is 10.3 Å². The summed E-state index contributed by atoms with van der Waals surface area (Å²) >= 11 is 6.23. The average molecular weight is 655 g/mol. The van der Waals surface area contributed by atoms with Crippen molar-refractivity contribution in [2.45, 2.75) is 12.3 Å². The van der Waals surface area contributed by atoms with Gasteiger partial charge in [0.2, 0.25) is 0 Å². The lowest BCUT2D eigenvalue weighted by atomic mass is 10.3. The van der Waals surface area contributed by atoms with Crippen LogP contribution in [0.4, 0.5) is 8.78 Å². The monoisotopic (exact) mass is 654 g/mol. The standard InChI is InChI=1S/C26H20F2N2O6S5/c27-21-5-3-15(38-21)19-7-13(34-9-12(29)26(32)33)24(40-19)17-1-2-18(37-17)25-14(35-10-23(30)36-11-31)8-20(41-25)16-4-6-22(28)39-16/h1-8,11-12,23H,9-10,29-30H2,(H,32,33)/t12-,23-/m0/s1. The van der Waals surface area contributed by atoms with Crippen LogP contribution in [-0.2, 0) is 14.3 Å². The summed E-state index contributed by atoms with van der Waals surface area (Å²) in [6.07, 6.45) is -0.967. The predicted molar refractivity (Wildman–Crippen MR) is 159 cm³/mol. The zero-order valence-electron chi connectivity index (χ0n) is 20.7. The summed E-state index contributed by atoms with van der Waals surface area (Å²) in [5.41, 5.74) is 11.4. The molecule has 0 aliphatic carbocycles. The Labute approximate surface area is 252 Å². The number of nitrogens with two attached hydrogens (primary N) is 2. The molecule has 0 aliphatic heterocycles. The van der Waals surface area contributed by atoms with E-state index in [1.54, 1.807) is 24.3 Å². The lowest BCUT2D eigenvalue weighted by Gasteiger charge is -2.11. The number of aliphatic carboxylic acids is 1. The molecule has 0 aliphatic rings. The fourth-order valence-corrected chi connectivity index (χ4v) is 8.62. The summed E-state index contributed by atoms with van der Waals surface area (Å²) in [5, 5.41) is 8.54. The molecule has 0 radical (unpaired) electrons. The number of ether oxygens (including phenoxy) is 3. The van der Waals surface area contributed by atoms with Crippen LogP contribution in [0.2, 0.25) is 0 Å². The van der Waals surface area contributed by atoms with Gasteiger partial charge in [-0.1, -0.05) is 0 Å². The summed E-state index contributed by atoms with van der Waals surface area (Å²) < 4.78 is 43.9. The molecule has 5 aromatic rings. The lowest BCUT2D eigenvalue weighted by molar-refractivity contribution is -0.139. The van der Waals surface area contributed by atoms with Crippen molar-refractivity contribution in [3.8, 4) is 50.5 Å². The van der Waals surface area contributed by atoms with Crippen LogP contribution in [0.25, 0.3) is 39.0 Å². The molecule has 41 heavy (non-hydrogen) atoms. The van der Waals surface area contributed by atoms with Crippen LogP contribution >= 0.6 is 56.7 Å². The Morgan fingerprint density at radius 2 is 1.24 bits per heavy atom. The number of halogens is 2. The van der Waals surface area contributed by atoms with Crippen LogP contribution in [-0.4, -0.2) is 43.0 Å². The number of hydrogen-bond acceptors (Lipinski definition) is 12. The molecule has 0 spiro atoms.